The predicted octanol–water partition coefficient (Wildman–Crippen LogP) is 1.30. The van der Waals surface area contributed by atoms with Gasteiger partial charge in [0.15, 0.2) is 5.82 Å². The fourth-order valence-electron chi connectivity index (χ4n) is 2.16. The van der Waals surface area contributed by atoms with Gasteiger partial charge in [-0.1, -0.05) is 20.8 Å². The summed E-state index contributed by atoms with van der Waals surface area (Å²) >= 11 is 0. The lowest BCUT2D eigenvalue weighted by molar-refractivity contribution is -0.138. The van der Waals surface area contributed by atoms with Gasteiger partial charge in [-0.2, -0.15) is 0 Å². The third kappa shape index (κ3) is 2.62. The first-order chi connectivity index (χ1) is 7.90. The highest BCUT2D eigenvalue weighted by Crippen LogP contribution is 2.57. The van der Waals surface area contributed by atoms with E-state index in [-0.39, 0.29) is 17.8 Å². The van der Waals surface area contributed by atoms with Gasteiger partial charge in [0.25, 0.3) is 0 Å². The molecule has 2 unspecified atom stereocenters. The molecule has 1 aromatic rings. The molecule has 1 fully saturated rings. The van der Waals surface area contributed by atoms with E-state index >= 15 is 0 Å². The Labute approximate surface area is 100 Å². The minimum Gasteiger partial charge on any atom is -0.481 e. The number of carboxylic acid groups (broad SMARTS) is 1. The van der Waals surface area contributed by atoms with Crippen molar-refractivity contribution in [3.8, 4) is 0 Å². The first kappa shape index (κ1) is 12.0. The van der Waals surface area contributed by atoms with Crippen molar-refractivity contribution in [2.75, 3.05) is 0 Å². The molecule has 6 nitrogen and oxygen atoms in total. The number of hydrogen-bond acceptors (Lipinski definition) is 4. The second-order valence-electron chi connectivity index (χ2n) is 5.67. The summed E-state index contributed by atoms with van der Waals surface area (Å²) in [6.45, 7) is 6.85. The lowest BCUT2D eigenvalue weighted by Crippen LogP contribution is -2.15. The molecule has 0 amide bonds. The van der Waals surface area contributed by atoms with Crippen LogP contribution in [0.5, 0.6) is 0 Å². The molecule has 2 atom stereocenters. The molecule has 1 aromatic heterocycles. The zero-order valence-electron chi connectivity index (χ0n) is 10.4. The number of aromatic nitrogens is 4. The molecule has 94 valence electrons. The molecule has 1 aliphatic rings. The van der Waals surface area contributed by atoms with Gasteiger partial charge in [-0.25, -0.2) is 4.68 Å². The first-order valence-electron chi connectivity index (χ1n) is 5.88. The molecule has 1 heterocycles. The van der Waals surface area contributed by atoms with Crippen molar-refractivity contribution >= 4 is 5.97 Å². The Morgan fingerprint density at radius 3 is 2.82 bits per heavy atom. The SMILES string of the molecule is CC(CC(=O)O)Cn1nnnc1C1CC1(C)C. The Morgan fingerprint density at radius 2 is 2.29 bits per heavy atom. The van der Waals surface area contributed by atoms with Crippen LogP contribution >= 0.6 is 0 Å². The highest BCUT2D eigenvalue weighted by atomic mass is 16.4. The van der Waals surface area contributed by atoms with Crippen LogP contribution in [0.2, 0.25) is 0 Å². The van der Waals surface area contributed by atoms with Gasteiger partial charge < -0.3 is 5.11 Å². The van der Waals surface area contributed by atoms with Crippen molar-refractivity contribution in [2.24, 2.45) is 11.3 Å². The van der Waals surface area contributed by atoms with Crippen LogP contribution in [0.15, 0.2) is 0 Å². The third-order valence-corrected chi connectivity index (χ3v) is 3.39. The largest absolute Gasteiger partial charge is 0.481 e. The average Bonchev–Trinajstić information content (AvgIpc) is 2.62. The number of tetrazole rings is 1. The number of aliphatic carboxylic acids is 1. The molecule has 0 saturated heterocycles. The Bertz CT molecular complexity index is 427. The fraction of sp³-hybridized carbons (Fsp3) is 0.818. The normalized spacial score (nSPS) is 23.4. The first-order valence-corrected chi connectivity index (χ1v) is 5.88. The summed E-state index contributed by atoms with van der Waals surface area (Å²) in [5.41, 5.74) is 0.280. The number of carboxylic acids is 1. The molecule has 0 aliphatic heterocycles. The van der Waals surface area contributed by atoms with Crippen molar-refractivity contribution < 1.29 is 9.90 Å². The van der Waals surface area contributed by atoms with Crippen LogP contribution in [0.3, 0.4) is 0 Å². The zero-order chi connectivity index (χ0) is 12.6. The molecule has 1 aliphatic carbocycles. The second kappa shape index (κ2) is 4.09. The van der Waals surface area contributed by atoms with E-state index in [1.807, 2.05) is 6.92 Å². The van der Waals surface area contributed by atoms with Crippen LogP contribution in [0.4, 0.5) is 0 Å². The zero-order valence-corrected chi connectivity index (χ0v) is 10.4. The van der Waals surface area contributed by atoms with Gasteiger partial charge in [-0.3, -0.25) is 4.79 Å². The number of hydrogen-bond donors (Lipinski definition) is 1. The van der Waals surface area contributed by atoms with Gasteiger partial charge >= 0.3 is 5.97 Å². The predicted molar refractivity (Wildman–Crippen MR) is 60.4 cm³/mol. The summed E-state index contributed by atoms with van der Waals surface area (Å²) in [7, 11) is 0. The summed E-state index contributed by atoms with van der Waals surface area (Å²) in [5.74, 6) is 0.567. The molecule has 0 radical (unpaired) electrons. The quantitative estimate of drug-likeness (QED) is 0.836. The monoisotopic (exact) mass is 238 g/mol. The number of nitrogens with zero attached hydrogens (tertiary/aromatic N) is 4. The van der Waals surface area contributed by atoms with E-state index in [2.05, 4.69) is 29.4 Å². The summed E-state index contributed by atoms with van der Waals surface area (Å²) in [6, 6.07) is 0. The topological polar surface area (TPSA) is 80.9 Å². The van der Waals surface area contributed by atoms with E-state index in [4.69, 9.17) is 5.11 Å². The van der Waals surface area contributed by atoms with Gasteiger partial charge in [0, 0.05) is 18.9 Å². The van der Waals surface area contributed by atoms with Crippen LogP contribution < -0.4 is 0 Å². The average molecular weight is 238 g/mol. The van der Waals surface area contributed by atoms with Crippen molar-refractivity contribution in [2.45, 2.75) is 46.1 Å². The second-order valence-corrected chi connectivity index (χ2v) is 5.67. The maximum Gasteiger partial charge on any atom is 0.303 e. The molecule has 0 spiro atoms. The molecule has 0 bridgehead atoms. The highest BCUT2D eigenvalue weighted by Gasteiger charge is 2.49. The third-order valence-electron chi connectivity index (χ3n) is 3.39. The number of carbonyl (C=O) groups is 1. The minimum atomic E-state index is -0.779. The molecule has 1 saturated carbocycles. The van der Waals surface area contributed by atoms with Crippen LogP contribution in [0, 0.1) is 11.3 Å². The standard InChI is InChI=1S/C11H18N4O2/c1-7(4-9(16)17)6-15-10(12-13-14-15)8-5-11(8,2)3/h7-8H,4-6H2,1-3H3,(H,16,17). The molecular weight excluding hydrogens is 220 g/mol. The van der Waals surface area contributed by atoms with Gasteiger partial charge in [-0.05, 0) is 28.2 Å². The Kier molecular flexibility index (Phi) is 2.89. The maximum atomic E-state index is 10.6. The summed E-state index contributed by atoms with van der Waals surface area (Å²) in [4.78, 5) is 10.6. The van der Waals surface area contributed by atoms with Crippen molar-refractivity contribution in [1.82, 2.24) is 20.2 Å². The molecule has 2 rings (SSSR count). The lowest BCUT2D eigenvalue weighted by atomic mass is 10.1. The molecule has 0 aromatic carbocycles. The number of rotatable bonds is 5. The summed E-state index contributed by atoms with van der Waals surface area (Å²) < 4.78 is 1.76. The maximum absolute atomic E-state index is 10.6. The summed E-state index contributed by atoms with van der Waals surface area (Å²) in [5, 5.41) is 20.4. The van der Waals surface area contributed by atoms with Crippen molar-refractivity contribution in [3.63, 3.8) is 0 Å². The Hall–Kier alpha value is -1.46. The molecule has 1 N–H and O–H groups in total. The van der Waals surface area contributed by atoms with Gasteiger partial charge in [0.05, 0.1) is 0 Å². The van der Waals surface area contributed by atoms with Crippen LogP contribution in [0.1, 0.15) is 45.4 Å². The van der Waals surface area contributed by atoms with E-state index in [1.165, 1.54) is 0 Å². The molecule has 17 heavy (non-hydrogen) atoms. The van der Waals surface area contributed by atoms with E-state index in [0.717, 1.165) is 12.2 Å². The Morgan fingerprint density at radius 1 is 1.65 bits per heavy atom. The minimum absolute atomic E-state index is 0.0385. The van der Waals surface area contributed by atoms with E-state index in [9.17, 15) is 4.79 Å². The summed E-state index contributed by atoms with van der Waals surface area (Å²) in [6.07, 6.45) is 1.24. The van der Waals surface area contributed by atoms with E-state index in [0.29, 0.717) is 12.5 Å². The van der Waals surface area contributed by atoms with E-state index in [1.54, 1.807) is 4.68 Å². The van der Waals surface area contributed by atoms with Gasteiger partial charge in [-0.15, -0.1) is 5.10 Å². The molecule has 6 heteroatoms. The Balaban J connectivity index is 2.02. The van der Waals surface area contributed by atoms with Gasteiger partial charge in [0.1, 0.15) is 0 Å². The van der Waals surface area contributed by atoms with Crippen molar-refractivity contribution in [3.05, 3.63) is 5.82 Å². The van der Waals surface area contributed by atoms with Crippen LogP contribution in [0.25, 0.3) is 0 Å². The van der Waals surface area contributed by atoms with Crippen LogP contribution in [-0.4, -0.2) is 31.3 Å². The van der Waals surface area contributed by atoms with Gasteiger partial charge in [0.2, 0.25) is 0 Å². The highest BCUT2D eigenvalue weighted by molar-refractivity contribution is 5.66. The lowest BCUT2D eigenvalue weighted by Gasteiger charge is -2.10. The smallest absolute Gasteiger partial charge is 0.303 e. The fourth-order valence-corrected chi connectivity index (χ4v) is 2.16. The van der Waals surface area contributed by atoms with Crippen molar-refractivity contribution in [1.29, 1.82) is 0 Å². The molecular formula is C11H18N4O2. The van der Waals surface area contributed by atoms with E-state index < -0.39 is 5.97 Å². The van der Waals surface area contributed by atoms with Crippen LogP contribution in [-0.2, 0) is 11.3 Å².